The molecule has 0 saturated heterocycles. The van der Waals surface area contributed by atoms with Crippen LogP contribution in [0.1, 0.15) is 12.0 Å². The van der Waals surface area contributed by atoms with Crippen LogP contribution in [-0.4, -0.2) is 18.9 Å². The number of ether oxygens (including phenoxy) is 1. The predicted octanol–water partition coefficient (Wildman–Crippen LogP) is 4.52. The lowest BCUT2D eigenvalue weighted by Gasteiger charge is -2.11. The van der Waals surface area contributed by atoms with Gasteiger partial charge in [-0.2, -0.15) is 0 Å². The normalized spacial score (nSPS) is 18.2. The summed E-state index contributed by atoms with van der Waals surface area (Å²) in [4.78, 5) is 24.8. The number of para-hydroxylation sites is 1. The van der Waals surface area contributed by atoms with E-state index in [-0.39, 0.29) is 17.7 Å². The Bertz CT molecular complexity index is 850. The third kappa shape index (κ3) is 3.94. The molecule has 1 fully saturated rings. The summed E-state index contributed by atoms with van der Waals surface area (Å²) in [6.45, 7) is 1.93. The van der Waals surface area contributed by atoms with Gasteiger partial charge in [0.2, 0.25) is 11.8 Å². The molecule has 5 nitrogen and oxygen atoms in total. The Morgan fingerprint density at radius 3 is 2.27 bits per heavy atom. The molecule has 0 aliphatic heterocycles. The van der Waals surface area contributed by atoms with Crippen molar-refractivity contribution in [2.45, 2.75) is 13.3 Å². The number of methoxy groups -OCH3 is 1. The average molecular weight is 393 g/mol. The summed E-state index contributed by atoms with van der Waals surface area (Å²) >= 11 is 12.1. The summed E-state index contributed by atoms with van der Waals surface area (Å²) in [6, 6.07) is 10.5. The van der Waals surface area contributed by atoms with Crippen molar-refractivity contribution < 1.29 is 14.3 Å². The van der Waals surface area contributed by atoms with Crippen molar-refractivity contribution in [3.05, 3.63) is 52.0 Å². The Morgan fingerprint density at radius 1 is 1.04 bits per heavy atom. The van der Waals surface area contributed by atoms with Crippen molar-refractivity contribution in [2.75, 3.05) is 17.7 Å². The zero-order valence-electron chi connectivity index (χ0n) is 14.3. The van der Waals surface area contributed by atoms with Crippen LogP contribution in [0.3, 0.4) is 0 Å². The van der Waals surface area contributed by atoms with Crippen LogP contribution in [0.2, 0.25) is 10.0 Å². The van der Waals surface area contributed by atoms with E-state index in [4.69, 9.17) is 27.9 Å². The summed E-state index contributed by atoms with van der Waals surface area (Å²) in [5.74, 6) is -0.691. The molecule has 2 unspecified atom stereocenters. The van der Waals surface area contributed by atoms with Gasteiger partial charge in [-0.05, 0) is 43.2 Å². The molecule has 2 aromatic carbocycles. The quantitative estimate of drug-likeness (QED) is 0.785. The van der Waals surface area contributed by atoms with Crippen molar-refractivity contribution in [1.29, 1.82) is 0 Å². The number of carbonyl (C=O) groups is 2. The molecule has 2 N–H and O–H groups in total. The summed E-state index contributed by atoms with van der Waals surface area (Å²) < 4.78 is 5.26. The monoisotopic (exact) mass is 392 g/mol. The molecule has 1 aliphatic carbocycles. The van der Waals surface area contributed by atoms with Crippen molar-refractivity contribution in [3.8, 4) is 5.75 Å². The molecule has 7 heteroatoms. The van der Waals surface area contributed by atoms with Crippen LogP contribution in [0.4, 0.5) is 11.4 Å². The molecular weight excluding hydrogens is 375 g/mol. The number of hydrogen-bond acceptors (Lipinski definition) is 3. The van der Waals surface area contributed by atoms with Gasteiger partial charge in [-0.1, -0.05) is 35.3 Å². The number of halogens is 2. The smallest absolute Gasteiger partial charge is 0.228 e. The molecule has 0 aromatic heterocycles. The van der Waals surface area contributed by atoms with E-state index in [2.05, 4.69) is 10.6 Å². The molecule has 1 aliphatic rings. The van der Waals surface area contributed by atoms with Gasteiger partial charge in [0.1, 0.15) is 5.75 Å². The third-order valence-corrected chi connectivity index (χ3v) is 4.92. The highest BCUT2D eigenvalue weighted by Gasteiger charge is 2.48. The first kappa shape index (κ1) is 18.5. The average Bonchev–Trinajstić information content (AvgIpc) is 3.39. The molecule has 0 heterocycles. The lowest BCUT2D eigenvalue weighted by atomic mass is 10.2. The van der Waals surface area contributed by atoms with Crippen LogP contribution >= 0.6 is 23.2 Å². The van der Waals surface area contributed by atoms with Crippen LogP contribution in [-0.2, 0) is 9.59 Å². The Balaban J connectivity index is 1.64. The second-order valence-electron chi connectivity index (χ2n) is 6.23. The highest BCUT2D eigenvalue weighted by Crippen LogP contribution is 2.42. The maximum Gasteiger partial charge on any atom is 0.228 e. The van der Waals surface area contributed by atoms with Gasteiger partial charge in [0.25, 0.3) is 0 Å². The number of nitrogens with one attached hydrogen (secondary N) is 2. The molecular formula is C19H18Cl2N2O3. The number of amides is 2. The minimum Gasteiger partial charge on any atom is -0.495 e. The van der Waals surface area contributed by atoms with Crippen LogP contribution in [0.5, 0.6) is 5.75 Å². The Morgan fingerprint density at radius 2 is 1.65 bits per heavy atom. The summed E-state index contributed by atoms with van der Waals surface area (Å²) in [6.07, 6.45) is 0.480. The SMILES string of the molecule is COc1ccc(C)cc1NC(=O)C1CC1C(=O)Nc1c(Cl)cccc1Cl. The lowest BCUT2D eigenvalue weighted by molar-refractivity contribution is -0.122. The van der Waals surface area contributed by atoms with E-state index in [1.165, 1.54) is 0 Å². The first-order chi connectivity index (χ1) is 12.4. The van der Waals surface area contributed by atoms with Gasteiger partial charge in [0.05, 0.1) is 40.4 Å². The van der Waals surface area contributed by atoms with E-state index in [1.807, 2.05) is 19.1 Å². The fourth-order valence-electron chi connectivity index (χ4n) is 2.75. The number of carbonyl (C=O) groups excluding carboxylic acids is 2. The fourth-order valence-corrected chi connectivity index (χ4v) is 3.24. The van der Waals surface area contributed by atoms with E-state index in [1.54, 1.807) is 31.4 Å². The standard InChI is InChI=1S/C19H18Cl2N2O3/c1-10-6-7-16(26-2)15(8-10)22-18(24)11-9-12(11)19(25)23-17-13(20)4-3-5-14(17)21/h3-8,11-12H,9H2,1-2H3,(H,22,24)(H,23,25). The summed E-state index contributed by atoms with van der Waals surface area (Å²) in [5, 5.41) is 6.27. The number of anilines is 2. The molecule has 2 aromatic rings. The van der Waals surface area contributed by atoms with Gasteiger partial charge in [0, 0.05) is 0 Å². The number of benzene rings is 2. The molecule has 1 saturated carbocycles. The van der Waals surface area contributed by atoms with Gasteiger partial charge in [0.15, 0.2) is 0 Å². The summed E-state index contributed by atoms with van der Waals surface area (Å²) in [5.41, 5.74) is 1.96. The topological polar surface area (TPSA) is 67.4 Å². The number of rotatable bonds is 5. The van der Waals surface area contributed by atoms with Crippen molar-refractivity contribution >= 4 is 46.4 Å². The largest absolute Gasteiger partial charge is 0.495 e. The molecule has 26 heavy (non-hydrogen) atoms. The van der Waals surface area contributed by atoms with E-state index in [0.717, 1.165) is 5.56 Å². The summed E-state index contributed by atoms with van der Waals surface area (Å²) in [7, 11) is 1.54. The number of hydrogen-bond donors (Lipinski definition) is 2. The molecule has 136 valence electrons. The molecule has 2 atom stereocenters. The number of aryl methyl sites for hydroxylation is 1. The Hall–Kier alpha value is -2.24. The first-order valence-electron chi connectivity index (χ1n) is 8.11. The van der Waals surface area contributed by atoms with E-state index >= 15 is 0 Å². The fraction of sp³-hybridized carbons (Fsp3) is 0.263. The van der Waals surface area contributed by atoms with Crippen LogP contribution in [0, 0.1) is 18.8 Å². The van der Waals surface area contributed by atoms with Crippen LogP contribution in [0.15, 0.2) is 36.4 Å². The predicted molar refractivity (Wildman–Crippen MR) is 103 cm³/mol. The molecule has 0 bridgehead atoms. The van der Waals surface area contributed by atoms with E-state index in [9.17, 15) is 9.59 Å². The first-order valence-corrected chi connectivity index (χ1v) is 8.86. The van der Waals surface area contributed by atoms with Gasteiger partial charge < -0.3 is 15.4 Å². The van der Waals surface area contributed by atoms with Crippen LogP contribution < -0.4 is 15.4 Å². The van der Waals surface area contributed by atoms with Crippen molar-refractivity contribution in [1.82, 2.24) is 0 Å². The van der Waals surface area contributed by atoms with Crippen LogP contribution in [0.25, 0.3) is 0 Å². The molecule has 0 radical (unpaired) electrons. The van der Waals surface area contributed by atoms with Gasteiger partial charge >= 0.3 is 0 Å². The maximum atomic E-state index is 12.5. The Kier molecular flexibility index (Phi) is 5.39. The second kappa shape index (κ2) is 7.56. The molecule has 3 rings (SSSR count). The van der Waals surface area contributed by atoms with Gasteiger partial charge in [-0.15, -0.1) is 0 Å². The maximum absolute atomic E-state index is 12.5. The zero-order valence-corrected chi connectivity index (χ0v) is 15.8. The minimum absolute atomic E-state index is 0.209. The Labute approximate surface area is 161 Å². The van der Waals surface area contributed by atoms with Gasteiger partial charge in [-0.3, -0.25) is 9.59 Å². The molecule has 2 amide bonds. The highest BCUT2D eigenvalue weighted by molar-refractivity contribution is 6.39. The van der Waals surface area contributed by atoms with E-state index < -0.39 is 5.92 Å². The van der Waals surface area contributed by atoms with Crippen molar-refractivity contribution in [2.24, 2.45) is 11.8 Å². The van der Waals surface area contributed by atoms with E-state index in [0.29, 0.717) is 33.6 Å². The zero-order chi connectivity index (χ0) is 18.8. The second-order valence-corrected chi connectivity index (χ2v) is 7.04. The third-order valence-electron chi connectivity index (χ3n) is 4.29. The lowest BCUT2D eigenvalue weighted by Crippen LogP contribution is -2.21. The molecule has 0 spiro atoms. The van der Waals surface area contributed by atoms with Gasteiger partial charge in [-0.25, -0.2) is 0 Å². The van der Waals surface area contributed by atoms with Crippen molar-refractivity contribution in [3.63, 3.8) is 0 Å². The minimum atomic E-state index is -0.404. The highest BCUT2D eigenvalue weighted by atomic mass is 35.5.